The van der Waals surface area contributed by atoms with Crippen molar-refractivity contribution >= 4 is 10.9 Å². The van der Waals surface area contributed by atoms with Crippen molar-refractivity contribution in [2.75, 3.05) is 0 Å². The van der Waals surface area contributed by atoms with Gasteiger partial charge in [-0.25, -0.2) is 0 Å². The van der Waals surface area contributed by atoms with Crippen LogP contribution < -0.4 is 0 Å². The maximum absolute atomic E-state index is 10.1. The number of hydrogen-bond acceptors (Lipinski definition) is 3. The maximum atomic E-state index is 10.1. The van der Waals surface area contributed by atoms with Crippen molar-refractivity contribution in [2.24, 2.45) is 0 Å². The van der Waals surface area contributed by atoms with E-state index in [0.717, 1.165) is 16.7 Å². The molecule has 0 saturated carbocycles. The van der Waals surface area contributed by atoms with Crippen LogP contribution in [0.3, 0.4) is 0 Å². The molecule has 0 bridgehead atoms. The predicted molar refractivity (Wildman–Crippen MR) is 69.1 cm³/mol. The van der Waals surface area contributed by atoms with E-state index in [1.54, 1.807) is 6.26 Å². The van der Waals surface area contributed by atoms with Crippen LogP contribution in [0.2, 0.25) is 0 Å². The number of hydrogen-bond donors (Lipinski definition) is 1. The van der Waals surface area contributed by atoms with Gasteiger partial charge in [-0.3, -0.25) is 4.98 Å². The highest BCUT2D eigenvalue weighted by Gasteiger charge is 2.12. The summed E-state index contributed by atoms with van der Waals surface area (Å²) in [6.45, 7) is 0. The summed E-state index contributed by atoms with van der Waals surface area (Å²) in [5.41, 5.74) is 1.57. The summed E-state index contributed by atoms with van der Waals surface area (Å²) >= 11 is 0. The fraction of sp³-hybridized carbons (Fsp3) is 0.133. The number of rotatable bonds is 3. The van der Waals surface area contributed by atoms with Gasteiger partial charge in [0.2, 0.25) is 0 Å². The monoisotopic (exact) mass is 239 g/mol. The van der Waals surface area contributed by atoms with Crippen LogP contribution in [0.5, 0.6) is 0 Å². The van der Waals surface area contributed by atoms with Gasteiger partial charge in [0.25, 0.3) is 0 Å². The molecule has 1 N–H and O–H groups in total. The first kappa shape index (κ1) is 11.0. The van der Waals surface area contributed by atoms with E-state index >= 15 is 0 Å². The van der Waals surface area contributed by atoms with E-state index in [2.05, 4.69) is 4.98 Å². The normalized spacial score (nSPS) is 12.7. The topological polar surface area (TPSA) is 46.3 Å². The van der Waals surface area contributed by atoms with E-state index in [9.17, 15) is 5.11 Å². The molecule has 1 aromatic carbocycles. The highest BCUT2D eigenvalue weighted by molar-refractivity contribution is 5.78. The molecule has 0 aliphatic carbocycles. The quantitative estimate of drug-likeness (QED) is 0.763. The van der Waals surface area contributed by atoms with Crippen LogP contribution in [0.25, 0.3) is 10.9 Å². The minimum Gasteiger partial charge on any atom is -0.469 e. The van der Waals surface area contributed by atoms with Gasteiger partial charge in [0.15, 0.2) is 0 Å². The van der Waals surface area contributed by atoms with Gasteiger partial charge in [0, 0.05) is 11.8 Å². The Hall–Kier alpha value is -2.13. The second kappa shape index (κ2) is 4.63. The summed E-state index contributed by atoms with van der Waals surface area (Å²) < 4.78 is 5.23. The summed E-state index contributed by atoms with van der Waals surface area (Å²) in [7, 11) is 0. The average Bonchev–Trinajstić information content (AvgIpc) is 2.91. The minimum atomic E-state index is -0.638. The fourth-order valence-electron chi connectivity index (χ4n) is 1.99. The van der Waals surface area contributed by atoms with Crippen molar-refractivity contribution in [1.29, 1.82) is 0 Å². The SMILES string of the molecule is OC(Cc1ccco1)c1ccc2ccccc2n1. The highest BCUT2D eigenvalue weighted by Crippen LogP contribution is 2.20. The summed E-state index contributed by atoms with van der Waals surface area (Å²) in [4.78, 5) is 4.46. The standard InChI is InChI=1S/C15H13NO2/c17-15(10-12-5-3-9-18-12)14-8-7-11-4-1-2-6-13(11)16-14/h1-9,15,17H,10H2. The van der Waals surface area contributed by atoms with E-state index in [0.29, 0.717) is 12.1 Å². The van der Waals surface area contributed by atoms with E-state index in [1.807, 2.05) is 48.5 Å². The molecule has 90 valence electrons. The van der Waals surface area contributed by atoms with E-state index in [-0.39, 0.29) is 0 Å². The molecule has 0 spiro atoms. The number of benzene rings is 1. The zero-order valence-corrected chi connectivity index (χ0v) is 9.78. The van der Waals surface area contributed by atoms with Gasteiger partial charge in [0.05, 0.1) is 17.5 Å². The van der Waals surface area contributed by atoms with Crippen molar-refractivity contribution in [3.63, 3.8) is 0 Å². The van der Waals surface area contributed by atoms with Crippen LogP contribution in [-0.4, -0.2) is 10.1 Å². The smallest absolute Gasteiger partial charge is 0.106 e. The number of para-hydroxylation sites is 1. The van der Waals surface area contributed by atoms with Crippen LogP contribution in [0, 0.1) is 0 Å². The van der Waals surface area contributed by atoms with Crippen LogP contribution in [0.1, 0.15) is 17.6 Å². The second-order valence-electron chi connectivity index (χ2n) is 4.23. The molecule has 3 nitrogen and oxygen atoms in total. The Morgan fingerprint density at radius 1 is 1.06 bits per heavy atom. The number of aliphatic hydroxyl groups excluding tert-OH is 1. The third-order valence-electron chi connectivity index (χ3n) is 2.94. The molecular formula is C15H13NO2. The van der Waals surface area contributed by atoms with E-state index < -0.39 is 6.10 Å². The molecule has 0 saturated heterocycles. The lowest BCUT2D eigenvalue weighted by atomic mass is 10.1. The molecule has 3 rings (SSSR count). The lowest BCUT2D eigenvalue weighted by Crippen LogP contribution is -2.03. The first-order valence-electron chi connectivity index (χ1n) is 5.89. The van der Waals surface area contributed by atoms with Gasteiger partial charge in [-0.2, -0.15) is 0 Å². The zero-order chi connectivity index (χ0) is 12.4. The Kier molecular flexibility index (Phi) is 2.82. The lowest BCUT2D eigenvalue weighted by molar-refractivity contribution is 0.166. The Morgan fingerprint density at radius 3 is 2.78 bits per heavy atom. The number of aliphatic hydroxyl groups is 1. The van der Waals surface area contributed by atoms with Crippen molar-refractivity contribution in [3.8, 4) is 0 Å². The predicted octanol–water partition coefficient (Wildman–Crippen LogP) is 3.10. The van der Waals surface area contributed by atoms with Crippen molar-refractivity contribution in [2.45, 2.75) is 12.5 Å². The van der Waals surface area contributed by atoms with E-state index in [1.165, 1.54) is 0 Å². The molecule has 1 atom stereocenters. The molecule has 2 heterocycles. The van der Waals surface area contributed by atoms with Crippen LogP contribution in [0.4, 0.5) is 0 Å². The fourth-order valence-corrected chi connectivity index (χ4v) is 1.99. The Morgan fingerprint density at radius 2 is 1.94 bits per heavy atom. The molecule has 18 heavy (non-hydrogen) atoms. The third-order valence-corrected chi connectivity index (χ3v) is 2.94. The van der Waals surface area contributed by atoms with Gasteiger partial charge in [-0.05, 0) is 24.3 Å². The number of pyridine rings is 1. The van der Waals surface area contributed by atoms with Gasteiger partial charge in [-0.1, -0.05) is 24.3 Å². The largest absolute Gasteiger partial charge is 0.469 e. The van der Waals surface area contributed by atoms with Gasteiger partial charge in [0.1, 0.15) is 11.9 Å². The zero-order valence-electron chi connectivity index (χ0n) is 9.78. The maximum Gasteiger partial charge on any atom is 0.106 e. The first-order valence-corrected chi connectivity index (χ1v) is 5.89. The van der Waals surface area contributed by atoms with Gasteiger partial charge >= 0.3 is 0 Å². The molecule has 1 unspecified atom stereocenters. The number of furan rings is 1. The number of aromatic nitrogens is 1. The molecular weight excluding hydrogens is 226 g/mol. The highest BCUT2D eigenvalue weighted by atomic mass is 16.3. The van der Waals surface area contributed by atoms with Crippen LogP contribution >= 0.6 is 0 Å². The lowest BCUT2D eigenvalue weighted by Gasteiger charge is -2.09. The van der Waals surface area contributed by atoms with Crippen molar-refractivity contribution in [3.05, 3.63) is 66.2 Å². The summed E-state index contributed by atoms with van der Waals surface area (Å²) in [6.07, 6.45) is 1.41. The molecule has 3 heteroatoms. The number of fused-ring (bicyclic) bond motifs is 1. The van der Waals surface area contributed by atoms with E-state index in [4.69, 9.17) is 4.42 Å². The minimum absolute atomic E-state index is 0.443. The third kappa shape index (κ3) is 2.13. The Bertz CT molecular complexity index is 646. The molecule has 0 amide bonds. The van der Waals surface area contributed by atoms with Gasteiger partial charge in [-0.15, -0.1) is 0 Å². The van der Waals surface area contributed by atoms with Crippen molar-refractivity contribution in [1.82, 2.24) is 4.98 Å². The first-order chi connectivity index (χ1) is 8.83. The van der Waals surface area contributed by atoms with Crippen LogP contribution in [0.15, 0.2) is 59.2 Å². The average molecular weight is 239 g/mol. The number of nitrogens with zero attached hydrogens (tertiary/aromatic N) is 1. The summed E-state index contributed by atoms with van der Waals surface area (Å²) in [5.74, 6) is 0.762. The second-order valence-corrected chi connectivity index (χ2v) is 4.23. The van der Waals surface area contributed by atoms with Crippen LogP contribution in [-0.2, 0) is 6.42 Å². The molecule has 0 radical (unpaired) electrons. The summed E-state index contributed by atoms with van der Waals surface area (Å²) in [5, 5.41) is 11.2. The molecule has 2 aromatic heterocycles. The summed E-state index contributed by atoms with van der Waals surface area (Å²) in [6, 6.07) is 15.4. The molecule has 0 fully saturated rings. The molecule has 3 aromatic rings. The van der Waals surface area contributed by atoms with Gasteiger partial charge < -0.3 is 9.52 Å². The Labute approximate surface area is 105 Å². The molecule has 0 aliphatic heterocycles. The Balaban J connectivity index is 1.89. The molecule has 0 aliphatic rings. The van der Waals surface area contributed by atoms with Crippen molar-refractivity contribution < 1.29 is 9.52 Å².